The Morgan fingerprint density at radius 3 is 2.50 bits per heavy atom. The first-order chi connectivity index (χ1) is 7.54. The van der Waals surface area contributed by atoms with Gasteiger partial charge in [0.05, 0.1) is 0 Å². The smallest absolute Gasteiger partial charge is 0.242 e. The van der Waals surface area contributed by atoms with Crippen LogP contribution < -0.4 is 11.1 Å². The van der Waals surface area contributed by atoms with Crippen molar-refractivity contribution in [2.75, 3.05) is 11.1 Å². The van der Waals surface area contributed by atoms with Crippen molar-refractivity contribution in [2.45, 2.75) is 25.6 Å². The third-order valence-corrected chi connectivity index (χ3v) is 3.20. The van der Waals surface area contributed by atoms with E-state index in [-0.39, 0.29) is 11.8 Å². The van der Waals surface area contributed by atoms with E-state index in [0.29, 0.717) is 11.4 Å². The number of hydrogen-bond donors (Lipinski definition) is 2. The van der Waals surface area contributed by atoms with Gasteiger partial charge in [-0.3, -0.25) is 4.79 Å². The highest BCUT2D eigenvalue weighted by Crippen LogP contribution is 2.17. The van der Waals surface area contributed by atoms with Crippen LogP contribution in [0.4, 0.5) is 11.4 Å². The Bertz CT molecular complexity index is 351. The van der Waals surface area contributed by atoms with Crippen LogP contribution in [0.15, 0.2) is 24.3 Å². The Morgan fingerprint density at radius 1 is 1.44 bits per heavy atom. The van der Waals surface area contributed by atoms with Gasteiger partial charge in [-0.15, -0.1) is 11.6 Å². The average Bonchev–Trinajstić information content (AvgIpc) is 2.30. The van der Waals surface area contributed by atoms with Gasteiger partial charge in [0.25, 0.3) is 0 Å². The lowest BCUT2D eigenvalue weighted by atomic mass is 10.0. The zero-order chi connectivity index (χ0) is 12.1. The van der Waals surface area contributed by atoms with Gasteiger partial charge in [-0.25, -0.2) is 0 Å². The molecule has 4 heteroatoms. The lowest BCUT2D eigenvalue weighted by Gasteiger charge is -2.15. The first kappa shape index (κ1) is 12.8. The van der Waals surface area contributed by atoms with Gasteiger partial charge in [0.2, 0.25) is 5.91 Å². The number of benzene rings is 1. The van der Waals surface area contributed by atoms with Crippen LogP contribution in [-0.2, 0) is 4.79 Å². The molecule has 88 valence electrons. The Labute approximate surface area is 101 Å². The predicted octanol–water partition coefficient (Wildman–Crippen LogP) is 2.86. The lowest BCUT2D eigenvalue weighted by Crippen LogP contribution is -2.28. The maximum absolute atomic E-state index is 11.7. The van der Waals surface area contributed by atoms with Crippen LogP contribution in [0.2, 0.25) is 0 Å². The molecule has 0 radical (unpaired) electrons. The molecule has 0 fully saturated rings. The molecule has 1 rings (SSSR count). The van der Waals surface area contributed by atoms with Crippen molar-refractivity contribution in [1.29, 1.82) is 0 Å². The number of nitrogens with one attached hydrogen (secondary N) is 1. The van der Waals surface area contributed by atoms with Gasteiger partial charge in [0, 0.05) is 11.4 Å². The zero-order valence-electron chi connectivity index (χ0n) is 9.53. The SMILES string of the molecule is CCC(C)[C@H](Cl)C(=O)Nc1ccc(N)cc1. The second-order valence-corrected chi connectivity index (χ2v) is 4.37. The van der Waals surface area contributed by atoms with Crippen molar-refractivity contribution in [1.82, 2.24) is 0 Å². The van der Waals surface area contributed by atoms with Gasteiger partial charge in [0.1, 0.15) is 5.38 Å². The summed E-state index contributed by atoms with van der Waals surface area (Å²) in [6.45, 7) is 3.97. The van der Waals surface area contributed by atoms with Crippen LogP contribution in [-0.4, -0.2) is 11.3 Å². The van der Waals surface area contributed by atoms with Crippen molar-refractivity contribution < 1.29 is 4.79 Å². The minimum Gasteiger partial charge on any atom is -0.399 e. The van der Waals surface area contributed by atoms with Crippen LogP contribution in [0.25, 0.3) is 0 Å². The topological polar surface area (TPSA) is 55.1 Å². The lowest BCUT2D eigenvalue weighted by molar-refractivity contribution is -0.116. The Balaban J connectivity index is 2.60. The number of alkyl halides is 1. The molecule has 0 saturated carbocycles. The second-order valence-electron chi connectivity index (χ2n) is 3.90. The molecule has 0 aliphatic rings. The van der Waals surface area contributed by atoms with E-state index in [4.69, 9.17) is 17.3 Å². The van der Waals surface area contributed by atoms with Gasteiger partial charge >= 0.3 is 0 Å². The minimum absolute atomic E-state index is 0.162. The molecule has 1 unspecified atom stereocenters. The first-order valence-electron chi connectivity index (χ1n) is 5.35. The third-order valence-electron chi connectivity index (χ3n) is 2.57. The molecule has 3 N–H and O–H groups in total. The second kappa shape index (κ2) is 5.75. The summed E-state index contributed by atoms with van der Waals surface area (Å²) in [4.78, 5) is 11.7. The number of amides is 1. The van der Waals surface area contributed by atoms with Gasteiger partial charge < -0.3 is 11.1 Å². The summed E-state index contributed by atoms with van der Waals surface area (Å²) in [5, 5.41) is 2.26. The highest BCUT2D eigenvalue weighted by molar-refractivity contribution is 6.32. The molecule has 0 spiro atoms. The van der Waals surface area contributed by atoms with Crippen LogP contribution in [0, 0.1) is 5.92 Å². The largest absolute Gasteiger partial charge is 0.399 e. The van der Waals surface area contributed by atoms with E-state index < -0.39 is 5.38 Å². The zero-order valence-corrected chi connectivity index (χ0v) is 10.3. The molecular weight excluding hydrogens is 224 g/mol. The summed E-state index contributed by atoms with van der Waals surface area (Å²) in [6.07, 6.45) is 0.878. The number of rotatable bonds is 4. The molecule has 0 aromatic heterocycles. The van der Waals surface area contributed by atoms with Crippen molar-refractivity contribution in [3.8, 4) is 0 Å². The fraction of sp³-hybridized carbons (Fsp3) is 0.417. The number of carbonyl (C=O) groups excluding carboxylic acids is 1. The quantitative estimate of drug-likeness (QED) is 0.628. The van der Waals surface area contributed by atoms with Crippen molar-refractivity contribution >= 4 is 28.9 Å². The third kappa shape index (κ3) is 3.42. The molecule has 2 atom stereocenters. The van der Waals surface area contributed by atoms with Gasteiger partial charge in [0.15, 0.2) is 0 Å². The molecule has 0 aliphatic carbocycles. The molecule has 0 aliphatic heterocycles. The molecular formula is C12H17ClN2O. The van der Waals surface area contributed by atoms with E-state index >= 15 is 0 Å². The molecule has 0 bridgehead atoms. The number of nitrogens with two attached hydrogens (primary N) is 1. The normalized spacial score (nSPS) is 14.2. The predicted molar refractivity (Wildman–Crippen MR) is 68.6 cm³/mol. The van der Waals surface area contributed by atoms with Crippen LogP contribution in [0.5, 0.6) is 0 Å². The van der Waals surface area contributed by atoms with Crippen LogP contribution >= 0.6 is 11.6 Å². The van der Waals surface area contributed by atoms with Crippen molar-refractivity contribution in [2.24, 2.45) is 5.92 Å². The van der Waals surface area contributed by atoms with Crippen molar-refractivity contribution in [3.63, 3.8) is 0 Å². The summed E-state index contributed by atoms with van der Waals surface area (Å²) in [5.74, 6) is -0.00348. The summed E-state index contributed by atoms with van der Waals surface area (Å²) in [6, 6.07) is 6.99. The maximum atomic E-state index is 11.7. The molecule has 0 saturated heterocycles. The highest BCUT2D eigenvalue weighted by Gasteiger charge is 2.20. The molecule has 0 heterocycles. The van der Waals surface area contributed by atoms with E-state index in [0.717, 1.165) is 6.42 Å². The number of halogens is 1. The summed E-state index contributed by atoms with van der Waals surface area (Å²) < 4.78 is 0. The van der Waals surface area contributed by atoms with E-state index in [1.54, 1.807) is 24.3 Å². The maximum Gasteiger partial charge on any atom is 0.242 e. The molecule has 1 aromatic rings. The monoisotopic (exact) mass is 240 g/mol. The van der Waals surface area contributed by atoms with Crippen LogP contribution in [0.3, 0.4) is 0 Å². The van der Waals surface area contributed by atoms with E-state index in [2.05, 4.69) is 5.32 Å². The summed E-state index contributed by atoms with van der Waals surface area (Å²) in [7, 11) is 0. The number of hydrogen-bond acceptors (Lipinski definition) is 2. The average molecular weight is 241 g/mol. The van der Waals surface area contributed by atoms with E-state index in [1.165, 1.54) is 0 Å². The molecule has 16 heavy (non-hydrogen) atoms. The summed E-state index contributed by atoms with van der Waals surface area (Å²) in [5.41, 5.74) is 6.93. The fourth-order valence-electron chi connectivity index (χ4n) is 1.24. The number of anilines is 2. The van der Waals surface area contributed by atoms with E-state index in [9.17, 15) is 4.79 Å². The molecule has 1 aromatic carbocycles. The Morgan fingerprint density at radius 2 is 2.00 bits per heavy atom. The molecule has 3 nitrogen and oxygen atoms in total. The standard InChI is InChI=1S/C12H17ClN2O/c1-3-8(2)11(13)12(16)15-10-6-4-9(14)5-7-10/h4-8,11H,3,14H2,1-2H3,(H,15,16)/t8?,11-/m0/s1. The number of carbonyl (C=O) groups is 1. The Hall–Kier alpha value is -1.22. The fourth-order valence-corrected chi connectivity index (χ4v) is 1.48. The summed E-state index contributed by atoms with van der Waals surface area (Å²) >= 11 is 6.03. The minimum atomic E-state index is -0.498. The van der Waals surface area contributed by atoms with Gasteiger partial charge in [-0.05, 0) is 30.2 Å². The highest BCUT2D eigenvalue weighted by atomic mass is 35.5. The number of nitrogen functional groups attached to an aromatic ring is 1. The van der Waals surface area contributed by atoms with E-state index in [1.807, 2.05) is 13.8 Å². The Kier molecular flexibility index (Phi) is 4.62. The van der Waals surface area contributed by atoms with Crippen LogP contribution in [0.1, 0.15) is 20.3 Å². The van der Waals surface area contributed by atoms with Gasteiger partial charge in [-0.2, -0.15) is 0 Å². The molecule has 1 amide bonds. The first-order valence-corrected chi connectivity index (χ1v) is 5.78. The van der Waals surface area contributed by atoms with Gasteiger partial charge in [-0.1, -0.05) is 20.3 Å². The van der Waals surface area contributed by atoms with Crippen molar-refractivity contribution in [3.05, 3.63) is 24.3 Å².